The van der Waals surface area contributed by atoms with Crippen LogP contribution in [0.15, 0.2) is 55.0 Å². The fraction of sp³-hybridized carbons (Fsp3) is 0.304. The van der Waals surface area contributed by atoms with E-state index in [1.807, 2.05) is 48.2 Å². The maximum absolute atomic E-state index is 12.9. The molecule has 154 valence electrons. The topological polar surface area (TPSA) is 71.0 Å². The number of likely N-dealkylation sites (tertiary alicyclic amines) is 1. The van der Waals surface area contributed by atoms with Gasteiger partial charge in [0, 0.05) is 24.2 Å². The zero-order valence-corrected chi connectivity index (χ0v) is 17.6. The Hall–Kier alpha value is -2.99. The van der Waals surface area contributed by atoms with Gasteiger partial charge < -0.3 is 10.2 Å². The highest BCUT2D eigenvalue weighted by Gasteiger charge is 2.31. The number of amides is 1. The molecule has 7 heteroatoms. The summed E-state index contributed by atoms with van der Waals surface area (Å²) in [5, 5.41) is 3.93. The van der Waals surface area contributed by atoms with Crippen LogP contribution in [0.3, 0.4) is 0 Å². The lowest BCUT2D eigenvalue weighted by Crippen LogP contribution is -2.31. The summed E-state index contributed by atoms with van der Waals surface area (Å²) in [7, 11) is 0. The minimum absolute atomic E-state index is 0.0454. The summed E-state index contributed by atoms with van der Waals surface area (Å²) >= 11 is 6.05. The van der Waals surface area contributed by atoms with Gasteiger partial charge in [-0.1, -0.05) is 29.8 Å². The Kier molecular flexibility index (Phi) is 6.23. The van der Waals surface area contributed by atoms with Crippen LogP contribution >= 0.6 is 11.6 Å². The highest BCUT2D eigenvalue weighted by Crippen LogP contribution is 2.32. The van der Waals surface area contributed by atoms with Gasteiger partial charge in [0.25, 0.3) is 0 Å². The Balaban J connectivity index is 1.45. The van der Waals surface area contributed by atoms with Crippen molar-refractivity contribution >= 4 is 29.1 Å². The second-order valence-corrected chi connectivity index (χ2v) is 7.93. The van der Waals surface area contributed by atoms with E-state index in [-0.39, 0.29) is 11.9 Å². The van der Waals surface area contributed by atoms with Crippen molar-refractivity contribution in [1.82, 2.24) is 19.9 Å². The van der Waals surface area contributed by atoms with Crippen molar-refractivity contribution in [3.63, 3.8) is 0 Å². The van der Waals surface area contributed by atoms with Crippen LogP contribution in [0.1, 0.15) is 42.1 Å². The van der Waals surface area contributed by atoms with E-state index in [2.05, 4.69) is 15.3 Å². The third kappa shape index (κ3) is 4.76. The van der Waals surface area contributed by atoms with E-state index in [0.29, 0.717) is 23.7 Å². The lowest BCUT2D eigenvalue weighted by Gasteiger charge is -2.24. The van der Waals surface area contributed by atoms with Crippen LogP contribution in [-0.2, 0) is 11.2 Å². The molecule has 6 nitrogen and oxygen atoms in total. The smallest absolute Gasteiger partial charge is 0.223 e. The van der Waals surface area contributed by atoms with Gasteiger partial charge in [0.05, 0.1) is 24.1 Å². The molecule has 4 rings (SSSR count). The van der Waals surface area contributed by atoms with Crippen LogP contribution in [0.4, 0.5) is 11.6 Å². The number of aromatic nitrogens is 3. The van der Waals surface area contributed by atoms with Gasteiger partial charge in [-0.3, -0.25) is 9.78 Å². The second kappa shape index (κ2) is 9.22. The maximum Gasteiger partial charge on any atom is 0.223 e. The summed E-state index contributed by atoms with van der Waals surface area (Å²) in [4.78, 5) is 28.3. The molecule has 1 N–H and O–H groups in total. The first-order valence-electron chi connectivity index (χ1n) is 10.1. The minimum Gasteiger partial charge on any atom is -0.334 e. The summed E-state index contributed by atoms with van der Waals surface area (Å²) in [6.07, 6.45) is 8.16. The zero-order chi connectivity index (χ0) is 20.9. The van der Waals surface area contributed by atoms with Gasteiger partial charge in [0.2, 0.25) is 5.91 Å². The van der Waals surface area contributed by atoms with Crippen molar-refractivity contribution in [3.8, 4) is 0 Å². The number of carbonyl (C=O) groups is 1. The van der Waals surface area contributed by atoms with E-state index in [4.69, 9.17) is 16.6 Å². The van der Waals surface area contributed by atoms with Gasteiger partial charge >= 0.3 is 0 Å². The first-order chi connectivity index (χ1) is 14.6. The SMILES string of the molecule is Cc1cccnc1Nc1cncc(C2CCCN2C(=O)CCc2cccc(Cl)c2)n1. The Morgan fingerprint density at radius 3 is 3.00 bits per heavy atom. The molecule has 30 heavy (non-hydrogen) atoms. The number of anilines is 2. The van der Waals surface area contributed by atoms with Gasteiger partial charge in [0.15, 0.2) is 0 Å². The number of nitrogens with one attached hydrogen (secondary N) is 1. The number of rotatable bonds is 6. The van der Waals surface area contributed by atoms with Gasteiger partial charge in [0.1, 0.15) is 11.6 Å². The van der Waals surface area contributed by atoms with E-state index in [1.165, 1.54) is 0 Å². The summed E-state index contributed by atoms with van der Waals surface area (Å²) < 4.78 is 0. The Bertz CT molecular complexity index is 1040. The number of aryl methyl sites for hydroxylation is 2. The Morgan fingerprint density at radius 2 is 2.17 bits per heavy atom. The minimum atomic E-state index is -0.0454. The van der Waals surface area contributed by atoms with Crippen molar-refractivity contribution in [1.29, 1.82) is 0 Å². The van der Waals surface area contributed by atoms with Crippen molar-refractivity contribution in [2.24, 2.45) is 0 Å². The van der Waals surface area contributed by atoms with Gasteiger partial charge in [-0.15, -0.1) is 0 Å². The average Bonchev–Trinajstić information content (AvgIpc) is 3.24. The number of carbonyl (C=O) groups excluding carboxylic acids is 1. The lowest BCUT2D eigenvalue weighted by molar-refractivity contribution is -0.132. The van der Waals surface area contributed by atoms with Crippen LogP contribution in [0.2, 0.25) is 5.02 Å². The van der Waals surface area contributed by atoms with E-state index in [0.717, 1.165) is 42.0 Å². The molecule has 0 aliphatic carbocycles. The van der Waals surface area contributed by atoms with Crippen molar-refractivity contribution in [3.05, 3.63) is 76.8 Å². The number of hydrogen-bond donors (Lipinski definition) is 1. The zero-order valence-electron chi connectivity index (χ0n) is 16.9. The molecule has 0 radical (unpaired) electrons. The normalized spacial score (nSPS) is 15.9. The molecule has 1 aromatic carbocycles. The second-order valence-electron chi connectivity index (χ2n) is 7.50. The summed E-state index contributed by atoms with van der Waals surface area (Å²) in [6, 6.07) is 11.5. The molecule has 1 unspecified atom stereocenters. The quantitative estimate of drug-likeness (QED) is 0.614. The molecule has 0 spiro atoms. The molecule has 2 aromatic heterocycles. The molecule has 1 amide bonds. The number of hydrogen-bond acceptors (Lipinski definition) is 5. The van der Waals surface area contributed by atoms with Crippen LogP contribution in [0.5, 0.6) is 0 Å². The van der Waals surface area contributed by atoms with E-state index < -0.39 is 0 Å². The summed E-state index contributed by atoms with van der Waals surface area (Å²) in [5.41, 5.74) is 2.91. The van der Waals surface area contributed by atoms with Gasteiger partial charge in [-0.2, -0.15) is 0 Å². The molecule has 1 aliphatic rings. The van der Waals surface area contributed by atoms with E-state index in [9.17, 15) is 4.79 Å². The molecule has 3 heterocycles. The standard InChI is InChI=1S/C23H24ClN5O/c1-16-5-3-11-26-23(16)28-21-15-25-14-19(27-21)20-8-4-12-29(20)22(30)10-9-17-6-2-7-18(24)13-17/h2-3,5-7,11,13-15,20H,4,8-10,12H2,1H3,(H,26,27,28). The predicted octanol–water partition coefficient (Wildman–Crippen LogP) is 4.87. The average molecular weight is 422 g/mol. The van der Waals surface area contributed by atoms with Crippen molar-refractivity contribution in [2.75, 3.05) is 11.9 Å². The third-order valence-electron chi connectivity index (χ3n) is 5.34. The highest BCUT2D eigenvalue weighted by atomic mass is 35.5. The van der Waals surface area contributed by atoms with Crippen LogP contribution in [-0.4, -0.2) is 32.3 Å². The maximum atomic E-state index is 12.9. The van der Waals surface area contributed by atoms with Crippen LogP contribution in [0, 0.1) is 6.92 Å². The monoisotopic (exact) mass is 421 g/mol. The summed E-state index contributed by atoms with van der Waals surface area (Å²) in [6.45, 7) is 2.74. The fourth-order valence-electron chi connectivity index (χ4n) is 3.80. The number of benzene rings is 1. The lowest BCUT2D eigenvalue weighted by atomic mass is 10.1. The molecule has 1 saturated heterocycles. The fourth-order valence-corrected chi connectivity index (χ4v) is 4.01. The molecule has 1 atom stereocenters. The third-order valence-corrected chi connectivity index (χ3v) is 5.58. The molecular weight excluding hydrogens is 398 g/mol. The van der Waals surface area contributed by atoms with Crippen molar-refractivity contribution in [2.45, 2.75) is 38.6 Å². The Morgan fingerprint density at radius 1 is 1.27 bits per heavy atom. The van der Waals surface area contributed by atoms with E-state index >= 15 is 0 Å². The molecule has 3 aromatic rings. The van der Waals surface area contributed by atoms with Crippen LogP contribution < -0.4 is 5.32 Å². The molecule has 1 aliphatic heterocycles. The van der Waals surface area contributed by atoms with Crippen molar-refractivity contribution < 1.29 is 4.79 Å². The Labute approximate surface area is 181 Å². The summed E-state index contributed by atoms with van der Waals surface area (Å²) in [5.74, 6) is 1.52. The van der Waals surface area contributed by atoms with Gasteiger partial charge in [-0.25, -0.2) is 9.97 Å². The first-order valence-corrected chi connectivity index (χ1v) is 10.5. The van der Waals surface area contributed by atoms with Crippen LogP contribution in [0.25, 0.3) is 0 Å². The van der Waals surface area contributed by atoms with Gasteiger partial charge in [-0.05, 0) is 55.5 Å². The highest BCUT2D eigenvalue weighted by molar-refractivity contribution is 6.30. The number of nitrogens with zero attached hydrogens (tertiary/aromatic N) is 4. The predicted molar refractivity (Wildman–Crippen MR) is 118 cm³/mol. The number of halogens is 1. The first kappa shape index (κ1) is 20.3. The largest absolute Gasteiger partial charge is 0.334 e. The molecule has 0 bridgehead atoms. The number of pyridine rings is 1. The van der Waals surface area contributed by atoms with E-state index in [1.54, 1.807) is 18.6 Å². The molecular formula is C23H24ClN5O. The molecule has 0 saturated carbocycles. The molecule has 1 fully saturated rings.